The van der Waals surface area contributed by atoms with Crippen molar-refractivity contribution in [3.63, 3.8) is 0 Å². The number of sulfonamides is 1. The van der Waals surface area contributed by atoms with E-state index in [-0.39, 0.29) is 28.8 Å². The first-order chi connectivity index (χ1) is 13.4. The Balaban J connectivity index is 1.41. The molecule has 0 unspecified atom stereocenters. The number of halogens is 1. The van der Waals surface area contributed by atoms with Crippen LogP contribution in [-0.2, 0) is 19.6 Å². The molecule has 0 bridgehead atoms. The van der Waals surface area contributed by atoms with Gasteiger partial charge in [-0.3, -0.25) is 10.1 Å². The number of thiophene rings is 1. The average molecular weight is 447 g/mol. The number of piperidine rings is 1. The highest BCUT2D eigenvalue weighted by molar-refractivity contribution is 7.91. The van der Waals surface area contributed by atoms with Crippen LogP contribution in [-0.4, -0.2) is 48.5 Å². The van der Waals surface area contributed by atoms with Crippen LogP contribution in [0.3, 0.4) is 0 Å². The summed E-state index contributed by atoms with van der Waals surface area (Å²) < 4.78 is 38.4. The van der Waals surface area contributed by atoms with E-state index in [1.165, 1.54) is 10.4 Å². The maximum Gasteiger partial charge on any atom is 0.322 e. The van der Waals surface area contributed by atoms with Crippen LogP contribution < -0.4 is 5.32 Å². The molecule has 2 aliphatic rings. The van der Waals surface area contributed by atoms with Gasteiger partial charge in [-0.2, -0.15) is 4.31 Å². The first kappa shape index (κ1) is 19.8. The van der Waals surface area contributed by atoms with Crippen molar-refractivity contribution in [3.8, 4) is 0 Å². The highest BCUT2D eigenvalue weighted by Gasteiger charge is 2.34. The average Bonchev–Trinajstić information content (AvgIpc) is 3.43. The molecule has 1 N–H and O–H groups in total. The van der Waals surface area contributed by atoms with Gasteiger partial charge in [-0.25, -0.2) is 8.42 Å². The molecule has 2 atom stereocenters. The van der Waals surface area contributed by atoms with Crippen LogP contribution in [0.25, 0.3) is 0 Å². The number of carbonyl (C=O) groups is 1. The lowest BCUT2D eigenvalue weighted by Crippen LogP contribution is -2.43. The number of anilines is 1. The molecule has 0 radical (unpaired) electrons. The van der Waals surface area contributed by atoms with E-state index in [0.29, 0.717) is 36.2 Å². The summed E-state index contributed by atoms with van der Waals surface area (Å²) in [4.78, 5) is 12.6. The lowest BCUT2D eigenvalue weighted by atomic mass is 9.99. The number of hydrogen-bond acceptors (Lipinski definition) is 8. The van der Waals surface area contributed by atoms with E-state index >= 15 is 0 Å². The molecule has 4 rings (SSSR count). The van der Waals surface area contributed by atoms with Gasteiger partial charge in [0.15, 0.2) is 0 Å². The molecule has 9 nitrogen and oxygen atoms in total. The number of aromatic nitrogens is 2. The van der Waals surface area contributed by atoms with Gasteiger partial charge in [0.1, 0.15) is 10.3 Å². The molecule has 2 aromatic heterocycles. The van der Waals surface area contributed by atoms with Gasteiger partial charge in [0.05, 0.1) is 10.3 Å². The molecule has 12 heteroatoms. The van der Waals surface area contributed by atoms with Gasteiger partial charge in [-0.15, -0.1) is 16.4 Å². The summed E-state index contributed by atoms with van der Waals surface area (Å²) in [7, 11) is -3.67. The molecule has 28 heavy (non-hydrogen) atoms. The fourth-order valence-corrected chi connectivity index (χ4v) is 6.49. The second-order valence-electron chi connectivity index (χ2n) is 6.70. The number of hydrogen-bond donors (Lipinski definition) is 1. The number of amides is 1. The molecule has 0 aliphatic carbocycles. The molecule has 2 saturated heterocycles. The minimum Gasteiger partial charge on any atom is -0.405 e. The molecule has 0 spiro atoms. The predicted octanol–water partition coefficient (Wildman–Crippen LogP) is 2.68. The van der Waals surface area contributed by atoms with E-state index in [1.807, 2.05) is 0 Å². The number of carbonyl (C=O) groups excluding carboxylic acids is 1. The summed E-state index contributed by atoms with van der Waals surface area (Å²) in [5, 5.41) is 10.4. The Hall–Kier alpha value is -1.53. The molecule has 152 valence electrons. The number of nitrogens with one attached hydrogen (secondary N) is 1. The minimum atomic E-state index is -3.67. The van der Waals surface area contributed by atoms with E-state index in [0.717, 1.165) is 24.2 Å². The second kappa shape index (κ2) is 8.07. The summed E-state index contributed by atoms with van der Waals surface area (Å²) in [5.41, 5.74) is 0. The fourth-order valence-electron chi connectivity index (χ4n) is 3.33. The quantitative estimate of drug-likeness (QED) is 0.750. The maximum atomic E-state index is 12.8. The number of ether oxygens (including phenoxy) is 1. The van der Waals surface area contributed by atoms with Crippen molar-refractivity contribution in [2.75, 3.05) is 25.0 Å². The molecule has 2 aliphatic heterocycles. The van der Waals surface area contributed by atoms with Gasteiger partial charge in [0, 0.05) is 19.7 Å². The maximum absolute atomic E-state index is 12.8. The summed E-state index contributed by atoms with van der Waals surface area (Å²) in [6.07, 6.45) is 2.66. The number of rotatable bonds is 5. The van der Waals surface area contributed by atoms with Gasteiger partial charge in [-0.1, -0.05) is 16.7 Å². The standard InChI is InChI=1S/C16H19ClN4O5S2/c17-12-5-6-13(27-12)28(23,24)21-7-1-3-10(9-21)14(22)18-16-20-19-15(26-16)11-4-2-8-25-11/h5-6,10-11H,1-4,7-9H2,(H,18,20,22)/t10-,11+/m0/s1. The molecule has 2 aromatic rings. The van der Waals surface area contributed by atoms with Gasteiger partial charge in [-0.05, 0) is 37.8 Å². The molecule has 0 aromatic carbocycles. The van der Waals surface area contributed by atoms with Crippen LogP contribution in [0, 0.1) is 5.92 Å². The lowest BCUT2D eigenvalue weighted by molar-refractivity contribution is -0.121. The van der Waals surface area contributed by atoms with Gasteiger partial charge >= 0.3 is 6.01 Å². The van der Waals surface area contributed by atoms with Crippen LogP contribution in [0.1, 0.15) is 37.7 Å². The van der Waals surface area contributed by atoms with E-state index in [4.69, 9.17) is 20.8 Å². The third kappa shape index (κ3) is 4.08. The van der Waals surface area contributed by atoms with Crippen molar-refractivity contribution in [1.29, 1.82) is 0 Å². The van der Waals surface area contributed by atoms with Crippen LogP contribution in [0.4, 0.5) is 6.01 Å². The minimum absolute atomic E-state index is 0.000481. The van der Waals surface area contributed by atoms with Gasteiger partial charge in [0.25, 0.3) is 10.0 Å². The van der Waals surface area contributed by atoms with Gasteiger partial charge < -0.3 is 9.15 Å². The Morgan fingerprint density at radius 1 is 1.29 bits per heavy atom. The van der Waals surface area contributed by atoms with Crippen LogP contribution in [0.15, 0.2) is 20.8 Å². The topological polar surface area (TPSA) is 115 Å². The Bertz CT molecular complexity index is 954. The Kier molecular flexibility index (Phi) is 5.70. The zero-order chi connectivity index (χ0) is 19.7. The zero-order valence-electron chi connectivity index (χ0n) is 14.8. The summed E-state index contributed by atoms with van der Waals surface area (Å²) >= 11 is 6.87. The highest BCUT2D eigenvalue weighted by atomic mass is 35.5. The highest BCUT2D eigenvalue weighted by Crippen LogP contribution is 2.31. The van der Waals surface area contributed by atoms with Crippen molar-refractivity contribution >= 4 is 44.9 Å². The summed E-state index contributed by atoms with van der Waals surface area (Å²) in [5.74, 6) is -0.501. The van der Waals surface area contributed by atoms with Crippen molar-refractivity contribution in [3.05, 3.63) is 22.4 Å². The van der Waals surface area contributed by atoms with E-state index in [1.54, 1.807) is 6.07 Å². The van der Waals surface area contributed by atoms with Gasteiger partial charge in [0.2, 0.25) is 11.8 Å². The third-order valence-corrected chi connectivity index (χ3v) is 8.34. The first-order valence-electron chi connectivity index (χ1n) is 8.95. The largest absolute Gasteiger partial charge is 0.405 e. The third-order valence-electron chi connectivity index (χ3n) is 4.77. The Morgan fingerprint density at radius 2 is 2.14 bits per heavy atom. The molecule has 0 saturated carbocycles. The second-order valence-corrected chi connectivity index (χ2v) is 10.6. The normalized spacial score (nSPS) is 23.8. The van der Waals surface area contributed by atoms with Crippen LogP contribution in [0.5, 0.6) is 0 Å². The molecule has 1 amide bonds. The lowest BCUT2D eigenvalue weighted by Gasteiger charge is -2.30. The van der Waals surface area contributed by atoms with E-state index in [9.17, 15) is 13.2 Å². The smallest absolute Gasteiger partial charge is 0.322 e. The van der Waals surface area contributed by atoms with Crippen LogP contribution >= 0.6 is 22.9 Å². The Labute approximate surface area is 171 Å². The monoisotopic (exact) mass is 446 g/mol. The molecular formula is C16H19ClN4O5S2. The predicted molar refractivity (Wildman–Crippen MR) is 102 cm³/mol. The Morgan fingerprint density at radius 3 is 2.86 bits per heavy atom. The van der Waals surface area contributed by atoms with Crippen molar-refractivity contribution in [2.24, 2.45) is 5.92 Å². The molecule has 4 heterocycles. The SMILES string of the molecule is O=C(Nc1nnc([C@H]2CCCO2)o1)[C@H]1CCCN(S(=O)(=O)c2ccc(Cl)s2)C1. The van der Waals surface area contributed by atoms with Crippen molar-refractivity contribution < 1.29 is 22.4 Å². The van der Waals surface area contributed by atoms with Crippen LogP contribution in [0.2, 0.25) is 4.34 Å². The number of nitrogens with zero attached hydrogens (tertiary/aromatic N) is 3. The summed E-state index contributed by atoms with van der Waals surface area (Å²) in [6, 6.07) is 3.03. The zero-order valence-corrected chi connectivity index (χ0v) is 17.2. The van der Waals surface area contributed by atoms with E-state index < -0.39 is 15.9 Å². The molecular weight excluding hydrogens is 428 g/mol. The van der Waals surface area contributed by atoms with E-state index in [2.05, 4.69) is 15.5 Å². The summed E-state index contributed by atoms with van der Waals surface area (Å²) in [6.45, 7) is 1.11. The van der Waals surface area contributed by atoms with Crippen molar-refractivity contribution in [2.45, 2.75) is 36.0 Å². The van der Waals surface area contributed by atoms with Crippen molar-refractivity contribution in [1.82, 2.24) is 14.5 Å². The first-order valence-corrected chi connectivity index (χ1v) is 11.6. The fraction of sp³-hybridized carbons (Fsp3) is 0.562. The molecule has 2 fully saturated rings.